The van der Waals surface area contributed by atoms with E-state index in [0.29, 0.717) is 11.7 Å². The molecule has 0 aliphatic rings. The molecule has 90 valence electrons. The molecular weight excluding hydrogens is 238 g/mol. The zero-order valence-electron chi connectivity index (χ0n) is 9.38. The number of aromatic amines is 1. The van der Waals surface area contributed by atoms with Crippen LogP contribution in [0.5, 0.6) is 0 Å². The third-order valence-electron chi connectivity index (χ3n) is 2.30. The van der Waals surface area contributed by atoms with Gasteiger partial charge in [0, 0.05) is 30.7 Å². The number of carbonyl (C=O) groups excluding carboxylic acids is 1. The number of carbonyl (C=O) groups is 1. The highest BCUT2D eigenvalue weighted by molar-refractivity contribution is 7.13. The summed E-state index contributed by atoms with van der Waals surface area (Å²) >= 11 is 1.34. The predicted octanol–water partition coefficient (Wildman–Crippen LogP) is 0.650. The number of amides is 1. The van der Waals surface area contributed by atoms with Crippen molar-refractivity contribution in [2.75, 3.05) is 12.8 Å². The summed E-state index contributed by atoms with van der Waals surface area (Å²) in [5, 5.41) is 8.84. The number of thiazole rings is 1. The number of nitrogens with zero attached hydrogens (tertiary/aromatic N) is 3. The summed E-state index contributed by atoms with van der Waals surface area (Å²) in [5.41, 5.74) is 7.20. The molecule has 0 saturated carbocycles. The van der Waals surface area contributed by atoms with Crippen molar-refractivity contribution in [3.8, 4) is 0 Å². The van der Waals surface area contributed by atoms with Gasteiger partial charge in [-0.1, -0.05) is 0 Å². The second-order valence-corrected chi connectivity index (χ2v) is 4.60. The molecular formula is C10H13N5OS. The van der Waals surface area contributed by atoms with Gasteiger partial charge >= 0.3 is 0 Å². The summed E-state index contributed by atoms with van der Waals surface area (Å²) in [6, 6.07) is 0. The van der Waals surface area contributed by atoms with E-state index in [0.717, 1.165) is 11.3 Å². The Hall–Kier alpha value is -1.89. The van der Waals surface area contributed by atoms with Gasteiger partial charge in [0.05, 0.1) is 18.3 Å². The topological polar surface area (TPSA) is 87.9 Å². The maximum Gasteiger partial charge on any atom is 0.228 e. The Morgan fingerprint density at radius 3 is 3.06 bits per heavy atom. The SMILES string of the molecule is CN(Cc1cn[nH]c1)C(=O)Cc1csc(N)n1. The molecule has 0 aliphatic carbocycles. The van der Waals surface area contributed by atoms with E-state index in [1.807, 2.05) is 0 Å². The maximum absolute atomic E-state index is 11.9. The summed E-state index contributed by atoms with van der Waals surface area (Å²) in [7, 11) is 1.76. The molecule has 7 heteroatoms. The fourth-order valence-corrected chi connectivity index (χ4v) is 1.98. The fourth-order valence-electron chi connectivity index (χ4n) is 1.42. The van der Waals surface area contributed by atoms with Gasteiger partial charge in [-0.3, -0.25) is 9.89 Å². The monoisotopic (exact) mass is 251 g/mol. The second-order valence-electron chi connectivity index (χ2n) is 3.71. The molecule has 0 atom stereocenters. The number of hydrogen-bond acceptors (Lipinski definition) is 5. The summed E-state index contributed by atoms with van der Waals surface area (Å²) in [4.78, 5) is 17.6. The Kier molecular flexibility index (Phi) is 3.38. The van der Waals surface area contributed by atoms with Crippen molar-refractivity contribution in [1.82, 2.24) is 20.1 Å². The first-order valence-corrected chi connectivity index (χ1v) is 5.94. The van der Waals surface area contributed by atoms with Gasteiger partial charge in [0.15, 0.2) is 5.13 Å². The van der Waals surface area contributed by atoms with Crippen LogP contribution in [0.3, 0.4) is 0 Å². The molecule has 0 unspecified atom stereocenters. The third-order valence-corrected chi connectivity index (χ3v) is 3.02. The molecule has 17 heavy (non-hydrogen) atoms. The average molecular weight is 251 g/mol. The van der Waals surface area contributed by atoms with E-state index in [2.05, 4.69) is 15.2 Å². The third kappa shape index (κ3) is 3.04. The van der Waals surface area contributed by atoms with E-state index in [1.54, 1.807) is 29.7 Å². The van der Waals surface area contributed by atoms with Crippen molar-refractivity contribution in [1.29, 1.82) is 0 Å². The van der Waals surface area contributed by atoms with E-state index < -0.39 is 0 Å². The summed E-state index contributed by atoms with van der Waals surface area (Å²) in [6.07, 6.45) is 3.75. The minimum absolute atomic E-state index is 0.0106. The Labute approximate surface area is 102 Å². The minimum Gasteiger partial charge on any atom is -0.375 e. The molecule has 0 bridgehead atoms. The molecule has 6 nitrogen and oxygen atoms in total. The molecule has 0 aromatic carbocycles. The number of nitrogens with two attached hydrogens (primary N) is 1. The van der Waals surface area contributed by atoms with E-state index in [1.165, 1.54) is 11.3 Å². The van der Waals surface area contributed by atoms with Gasteiger partial charge < -0.3 is 10.6 Å². The van der Waals surface area contributed by atoms with Crippen LogP contribution >= 0.6 is 11.3 Å². The first kappa shape index (κ1) is 11.6. The number of nitrogens with one attached hydrogen (secondary N) is 1. The van der Waals surface area contributed by atoms with Crippen molar-refractivity contribution >= 4 is 22.4 Å². The van der Waals surface area contributed by atoms with Crippen molar-refractivity contribution in [3.05, 3.63) is 29.0 Å². The van der Waals surface area contributed by atoms with Crippen LogP contribution in [0.2, 0.25) is 0 Å². The van der Waals surface area contributed by atoms with Gasteiger partial charge in [-0.25, -0.2) is 4.98 Å². The molecule has 0 fully saturated rings. The van der Waals surface area contributed by atoms with Crippen molar-refractivity contribution < 1.29 is 4.79 Å². The van der Waals surface area contributed by atoms with Crippen molar-refractivity contribution in [2.45, 2.75) is 13.0 Å². The molecule has 2 heterocycles. The van der Waals surface area contributed by atoms with Crippen LogP contribution in [-0.4, -0.2) is 33.0 Å². The Morgan fingerprint density at radius 2 is 2.47 bits per heavy atom. The van der Waals surface area contributed by atoms with Gasteiger partial charge in [0.1, 0.15) is 0 Å². The van der Waals surface area contributed by atoms with E-state index in [-0.39, 0.29) is 12.3 Å². The minimum atomic E-state index is 0.0106. The number of aromatic nitrogens is 3. The molecule has 0 aliphatic heterocycles. The molecule has 0 radical (unpaired) electrons. The molecule has 2 aromatic rings. The smallest absolute Gasteiger partial charge is 0.228 e. The quantitative estimate of drug-likeness (QED) is 0.835. The van der Waals surface area contributed by atoms with Gasteiger partial charge in [-0.2, -0.15) is 5.10 Å². The van der Waals surface area contributed by atoms with Crippen molar-refractivity contribution in [3.63, 3.8) is 0 Å². The largest absolute Gasteiger partial charge is 0.375 e. The van der Waals surface area contributed by atoms with Crippen LogP contribution in [0.15, 0.2) is 17.8 Å². The van der Waals surface area contributed by atoms with E-state index in [9.17, 15) is 4.79 Å². The number of rotatable bonds is 4. The van der Waals surface area contributed by atoms with E-state index >= 15 is 0 Å². The lowest BCUT2D eigenvalue weighted by Gasteiger charge is -2.15. The fraction of sp³-hybridized carbons (Fsp3) is 0.300. The molecule has 3 N–H and O–H groups in total. The van der Waals surface area contributed by atoms with Crippen LogP contribution in [-0.2, 0) is 17.8 Å². The lowest BCUT2D eigenvalue weighted by atomic mass is 10.3. The van der Waals surface area contributed by atoms with Crippen LogP contribution < -0.4 is 5.73 Å². The lowest BCUT2D eigenvalue weighted by molar-refractivity contribution is -0.129. The summed E-state index contributed by atoms with van der Waals surface area (Å²) in [6.45, 7) is 0.537. The highest BCUT2D eigenvalue weighted by Crippen LogP contribution is 2.12. The normalized spacial score (nSPS) is 10.4. The number of H-pyrrole nitrogens is 1. The van der Waals surface area contributed by atoms with Gasteiger partial charge in [-0.05, 0) is 0 Å². The highest BCUT2D eigenvalue weighted by atomic mass is 32.1. The standard InChI is InChI=1S/C10H13N5OS/c1-15(5-7-3-12-13-4-7)9(16)2-8-6-17-10(11)14-8/h3-4,6H,2,5H2,1H3,(H2,11,14)(H,12,13). The van der Waals surface area contributed by atoms with Gasteiger partial charge in [0.25, 0.3) is 0 Å². The van der Waals surface area contributed by atoms with Gasteiger partial charge in [-0.15, -0.1) is 11.3 Å². The highest BCUT2D eigenvalue weighted by Gasteiger charge is 2.12. The Bertz CT molecular complexity index is 493. The Morgan fingerprint density at radius 1 is 1.65 bits per heavy atom. The summed E-state index contributed by atoms with van der Waals surface area (Å²) in [5.74, 6) is 0.0106. The molecule has 2 rings (SSSR count). The predicted molar refractivity (Wildman–Crippen MR) is 65.3 cm³/mol. The summed E-state index contributed by atoms with van der Waals surface area (Å²) < 4.78 is 0. The second kappa shape index (κ2) is 4.96. The molecule has 2 aromatic heterocycles. The average Bonchev–Trinajstić information content (AvgIpc) is 2.90. The number of likely N-dealkylation sites (N-methyl/N-ethyl adjacent to an activating group) is 1. The number of hydrogen-bond donors (Lipinski definition) is 2. The Balaban J connectivity index is 1.91. The maximum atomic E-state index is 11.9. The zero-order valence-corrected chi connectivity index (χ0v) is 10.2. The molecule has 1 amide bonds. The zero-order chi connectivity index (χ0) is 12.3. The lowest BCUT2D eigenvalue weighted by Crippen LogP contribution is -2.27. The van der Waals surface area contributed by atoms with Gasteiger partial charge in [0.2, 0.25) is 5.91 Å². The number of nitrogen functional groups attached to an aromatic ring is 1. The van der Waals surface area contributed by atoms with Crippen molar-refractivity contribution in [2.24, 2.45) is 0 Å². The number of anilines is 1. The molecule has 0 spiro atoms. The van der Waals surface area contributed by atoms with Crippen LogP contribution in [0.1, 0.15) is 11.3 Å². The molecule has 0 saturated heterocycles. The van der Waals surface area contributed by atoms with E-state index in [4.69, 9.17) is 5.73 Å². The van der Waals surface area contributed by atoms with Crippen LogP contribution in [0.4, 0.5) is 5.13 Å². The first-order chi connectivity index (χ1) is 8.15. The van der Waals surface area contributed by atoms with Crippen LogP contribution in [0.25, 0.3) is 0 Å². The van der Waals surface area contributed by atoms with Crippen LogP contribution in [0, 0.1) is 0 Å². The first-order valence-electron chi connectivity index (χ1n) is 5.06.